The molecule has 22 heteroatoms. The van der Waals surface area contributed by atoms with Crippen molar-refractivity contribution in [3.05, 3.63) is 171 Å². The van der Waals surface area contributed by atoms with Crippen LogP contribution in [0.1, 0.15) is 175 Å². The quantitative estimate of drug-likeness (QED) is 0.166. The van der Waals surface area contributed by atoms with Crippen molar-refractivity contribution in [2.45, 2.75) is 195 Å². The second kappa shape index (κ2) is 30.8. The van der Waals surface area contributed by atoms with Gasteiger partial charge in [-0.3, -0.25) is 0 Å². The Bertz CT molecular complexity index is 3170. The number of halogens is 15. The third kappa shape index (κ3) is 29.7. The fourth-order valence-electron chi connectivity index (χ4n) is 7.82. The van der Waals surface area contributed by atoms with E-state index in [1.54, 1.807) is 72.9 Å². The number of hydrogen-bond acceptors (Lipinski definition) is 7. The lowest BCUT2D eigenvalue weighted by molar-refractivity contribution is -0.275. The summed E-state index contributed by atoms with van der Waals surface area (Å²) in [5, 5.41) is 19.0. The molecule has 6 aromatic rings. The van der Waals surface area contributed by atoms with Crippen LogP contribution in [0, 0.1) is 6.92 Å². The van der Waals surface area contributed by atoms with Gasteiger partial charge < -0.3 is 33.9 Å². The molecule has 0 aliphatic heterocycles. The van der Waals surface area contributed by atoms with Gasteiger partial charge in [-0.15, -0.1) is 39.5 Å². The molecule has 0 heterocycles. The molecule has 2 N–H and O–H groups in total. The highest BCUT2D eigenvalue weighted by Crippen LogP contribution is 2.40. The largest absolute Gasteiger partial charge is 0.573 e. The Hall–Kier alpha value is -7.13. The second-order valence-electron chi connectivity index (χ2n) is 26.7. The highest BCUT2D eigenvalue weighted by atomic mass is 19.4. The van der Waals surface area contributed by atoms with Crippen molar-refractivity contribution in [2.24, 2.45) is 0 Å². The number of phenols is 2. The number of ether oxygens (including phenoxy) is 5. The summed E-state index contributed by atoms with van der Waals surface area (Å²) in [5.74, 6) is 0.650. The van der Waals surface area contributed by atoms with Gasteiger partial charge in [0, 0.05) is 11.1 Å². The summed E-state index contributed by atoms with van der Waals surface area (Å²) in [4.78, 5) is 0. The topological polar surface area (TPSA) is 86.6 Å². The smallest absolute Gasteiger partial charge is 0.508 e. The molecule has 0 atom stereocenters. The standard InChI is InChI=1S/C12H15F3O.C12H18O.C11H13F3O2.3C11H13F3O/c1-11(2,3)9-7-8(12(13,14)15)5-6-10(9)16-4;1-9-6-7-11(13-5)10(8-9)12(2,3)4;1-10(2,3)8-6-7(4-5-9(8)15)16-11(12,13)14;1-10(2,3)8-4-6-9(7-5-8)15-11(12,13)14;1-10(2,3)8-6-7(11(12,13)14)4-5-9(8)15;1-10(2,3)8-5-4-6-9(7-8)15-11(12,13)14/h5-7H,1-4H3;6-8H,1-5H3;4-6,15H,1-3H3;4-7H,1-3H3;4-6,15H,1-3H3;4-7H,1-3H3. The Morgan fingerprint density at radius 1 is 0.289 bits per heavy atom. The maximum atomic E-state index is 12.6. The Balaban J connectivity index is 0.000000541. The van der Waals surface area contributed by atoms with Crippen molar-refractivity contribution >= 4 is 0 Å². The van der Waals surface area contributed by atoms with E-state index in [0.29, 0.717) is 22.4 Å². The zero-order valence-electron chi connectivity index (χ0n) is 54.7. The molecule has 0 aliphatic rings. The van der Waals surface area contributed by atoms with Gasteiger partial charge >= 0.3 is 31.4 Å². The summed E-state index contributed by atoms with van der Waals surface area (Å²) in [7, 11) is 3.18. The molecule has 0 saturated carbocycles. The maximum Gasteiger partial charge on any atom is 0.573 e. The van der Waals surface area contributed by atoms with Crippen LogP contribution in [0.25, 0.3) is 0 Å². The van der Waals surface area contributed by atoms with Gasteiger partial charge in [0.2, 0.25) is 0 Å². The lowest BCUT2D eigenvalue weighted by atomic mass is 9.85. The Kier molecular flexibility index (Phi) is 27.7. The first-order valence-corrected chi connectivity index (χ1v) is 27.8. The van der Waals surface area contributed by atoms with Crippen LogP contribution in [-0.4, -0.2) is 43.5 Å². The normalized spacial score (nSPS) is 12.5. The van der Waals surface area contributed by atoms with Crippen LogP contribution >= 0.6 is 0 Å². The summed E-state index contributed by atoms with van der Waals surface area (Å²) < 4.78 is 204. The van der Waals surface area contributed by atoms with Crippen molar-refractivity contribution < 1.29 is 99.8 Å². The average Bonchev–Trinajstić information content (AvgIpc) is 0.930. The number of phenolic OH excluding ortho intramolecular Hbond substituents is 2. The molecule has 0 bridgehead atoms. The molecule has 0 radical (unpaired) electrons. The first kappa shape index (κ1) is 80.9. The van der Waals surface area contributed by atoms with Crippen LogP contribution in [0.3, 0.4) is 0 Å². The number of aryl methyl sites for hydroxylation is 1. The van der Waals surface area contributed by atoms with Gasteiger partial charge in [-0.05, 0) is 147 Å². The van der Waals surface area contributed by atoms with Crippen LogP contribution in [0.15, 0.2) is 121 Å². The Morgan fingerprint density at radius 2 is 0.600 bits per heavy atom. The van der Waals surface area contributed by atoms with Crippen LogP contribution in [-0.2, 0) is 44.8 Å². The average molecular weight is 1300 g/mol. The lowest BCUT2D eigenvalue weighted by Crippen LogP contribution is -2.18. The molecule has 0 saturated heterocycles. The van der Waals surface area contributed by atoms with E-state index >= 15 is 0 Å². The van der Waals surface area contributed by atoms with E-state index in [1.165, 1.54) is 60.7 Å². The molecule has 7 nitrogen and oxygen atoms in total. The molecule has 90 heavy (non-hydrogen) atoms. The molecule has 504 valence electrons. The summed E-state index contributed by atoms with van der Waals surface area (Å²) in [6, 6.07) is 28.3. The van der Waals surface area contributed by atoms with Gasteiger partial charge in [0.05, 0.1) is 25.3 Å². The highest BCUT2D eigenvalue weighted by molar-refractivity contribution is 5.45. The van der Waals surface area contributed by atoms with Crippen molar-refractivity contribution in [3.8, 4) is 40.2 Å². The molecule has 0 aromatic heterocycles. The second-order valence-corrected chi connectivity index (χ2v) is 26.7. The third-order valence-electron chi connectivity index (χ3n) is 12.5. The lowest BCUT2D eigenvalue weighted by Gasteiger charge is -2.23. The summed E-state index contributed by atoms with van der Waals surface area (Å²) >= 11 is 0. The highest BCUT2D eigenvalue weighted by Gasteiger charge is 2.36. The molecule has 0 amide bonds. The number of methoxy groups -OCH3 is 2. The van der Waals surface area contributed by atoms with Gasteiger partial charge in [-0.1, -0.05) is 167 Å². The SMILES string of the molecule is CC(C)(C)c1cc(C(F)(F)F)ccc1O.CC(C)(C)c1cc(OC(F)(F)F)ccc1O.CC(C)(C)c1ccc(OC(F)(F)F)cc1.CC(C)(C)c1cccc(OC(F)(F)F)c1.COc1ccc(C(F)(F)F)cc1C(C)(C)C.COc1ccc(C)cc1C(C)(C)C. The fraction of sp³-hybridized carbons (Fsp3) is 0.471. The first-order valence-electron chi connectivity index (χ1n) is 27.8. The first-order chi connectivity index (χ1) is 40.2. The zero-order chi connectivity index (χ0) is 70.4. The molecule has 0 fully saturated rings. The third-order valence-corrected chi connectivity index (χ3v) is 12.5. The summed E-state index contributed by atoms with van der Waals surface area (Å²) in [6.07, 6.45) is -22.6. The number of benzene rings is 6. The minimum atomic E-state index is -4.72. The molecule has 6 rings (SSSR count). The maximum absolute atomic E-state index is 12.6. The number of hydrogen-bond donors (Lipinski definition) is 2. The van der Waals surface area contributed by atoms with Crippen molar-refractivity contribution in [1.29, 1.82) is 0 Å². The van der Waals surface area contributed by atoms with Crippen LogP contribution in [0.2, 0.25) is 0 Å². The molecular formula is C68H85F15O7. The van der Waals surface area contributed by atoms with Crippen molar-refractivity contribution in [2.75, 3.05) is 14.2 Å². The van der Waals surface area contributed by atoms with Crippen molar-refractivity contribution in [1.82, 2.24) is 0 Å². The van der Waals surface area contributed by atoms with E-state index in [4.69, 9.17) is 9.47 Å². The molecule has 0 aliphatic carbocycles. The number of rotatable bonds is 5. The van der Waals surface area contributed by atoms with Gasteiger partial charge in [-0.25, -0.2) is 0 Å². The minimum Gasteiger partial charge on any atom is -0.508 e. The summed E-state index contributed by atoms with van der Waals surface area (Å²) in [6.45, 7) is 36.7. The van der Waals surface area contributed by atoms with Crippen LogP contribution in [0.4, 0.5) is 65.9 Å². The fourth-order valence-corrected chi connectivity index (χ4v) is 7.82. The number of aromatic hydroxyl groups is 2. The predicted octanol–water partition coefficient (Wildman–Crippen LogP) is 22.4. The van der Waals surface area contributed by atoms with E-state index in [9.17, 15) is 76.1 Å². The van der Waals surface area contributed by atoms with E-state index in [1.807, 2.05) is 68.4 Å². The molecule has 6 aromatic carbocycles. The molecule has 0 spiro atoms. The van der Waals surface area contributed by atoms with Gasteiger partial charge in [0.15, 0.2) is 0 Å². The predicted molar refractivity (Wildman–Crippen MR) is 322 cm³/mol. The zero-order valence-corrected chi connectivity index (χ0v) is 54.7. The molecular weight excluding hydrogens is 1210 g/mol. The monoisotopic (exact) mass is 1300 g/mol. The van der Waals surface area contributed by atoms with Gasteiger partial charge in [0.1, 0.15) is 40.2 Å². The Morgan fingerprint density at radius 3 is 0.967 bits per heavy atom. The van der Waals surface area contributed by atoms with E-state index in [0.717, 1.165) is 53.3 Å². The van der Waals surface area contributed by atoms with E-state index < -0.39 is 53.4 Å². The van der Waals surface area contributed by atoms with E-state index in [2.05, 4.69) is 54.0 Å². The Labute approximate surface area is 519 Å². The van der Waals surface area contributed by atoms with E-state index in [-0.39, 0.29) is 50.4 Å². The van der Waals surface area contributed by atoms with Gasteiger partial charge in [-0.2, -0.15) is 26.3 Å². The van der Waals surface area contributed by atoms with Crippen molar-refractivity contribution in [3.63, 3.8) is 0 Å². The van der Waals surface area contributed by atoms with Crippen LogP contribution in [0.5, 0.6) is 40.2 Å². The van der Waals surface area contributed by atoms with Crippen LogP contribution < -0.4 is 23.7 Å². The summed E-state index contributed by atoms with van der Waals surface area (Å²) in [5.41, 5.74) is 2.79. The minimum absolute atomic E-state index is 0.0398. The molecule has 0 unspecified atom stereocenters. The van der Waals surface area contributed by atoms with Gasteiger partial charge in [0.25, 0.3) is 0 Å². The number of alkyl halides is 15.